The Kier molecular flexibility index (Phi) is 5.16. The molecule has 0 radical (unpaired) electrons. The fourth-order valence-corrected chi connectivity index (χ4v) is 2.99. The predicted octanol–water partition coefficient (Wildman–Crippen LogP) is 4.56. The largest absolute Gasteiger partial charge is 0.497 e. The van der Waals surface area contributed by atoms with Gasteiger partial charge in [-0.3, -0.25) is 0 Å². The third-order valence-corrected chi connectivity index (χ3v) is 4.49. The normalized spacial score (nSPS) is 11.2. The summed E-state index contributed by atoms with van der Waals surface area (Å²) in [6, 6.07) is 21.7. The van der Waals surface area contributed by atoms with Crippen LogP contribution in [-0.4, -0.2) is 28.2 Å². The Morgan fingerprint density at radius 3 is 2.71 bits per heavy atom. The molecule has 0 saturated heterocycles. The van der Waals surface area contributed by atoms with E-state index in [4.69, 9.17) is 21.7 Å². The van der Waals surface area contributed by atoms with Crippen LogP contribution in [-0.2, 0) is 6.61 Å². The molecular weight excluding hydrogens is 372 g/mol. The van der Waals surface area contributed by atoms with Crippen LogP contribution < -0.4 is 9.47 Å². The third kappa shape index (κ3) is 3.94. The molecule has 28 heavy (non-hydrogen) atoms. The fourth-order valence-electron chi connectivity index (χ4n) is 2.79. The molecule has 0 fully saturated rings. The van der Waals surface area contributed by atoms with Crippen molar-refractivity contribution < 1.29 is 9.47 Å². The van der Waals surface area contributed by atoms with E-state index in [0.29, 0.717) is 16.3 Å². The highest BCUT2D eigenvalue weighted by atomic mass is 32.1. The first-order chi connectivity index (χ1) is 13.7. The second kappa shape index (κ2) is 8.06. The molecule has 1 heterocycles. The zero-order valence-corrected chi connectivity index (χ0v) is 16.0. The first-order valence-electron chi connectivity index (χ1n) is 8.69. The Labute approximate surface area is 167 Å². The van der Waals surface area contributed by atoms with Gasteiger partial charge < -0.3 is 9.47 Å². The zero-order chi connectivity index (χ0) is 19.3. The number of H-pyrrole nitrogens is 1. The van der Waals surface area contributed by atoms with Crippen LogP contribution >= 0.6 is 12.2 Å². The molecule has 0 amide bonds. The average molecular weight is 390 g/mol. The molecule has 0 bridgehead atoms. The van der Waals surface area contributed by atoms with Crippen molar-refractivity contribution in [3.8, 4) is 11.5 Å². The molecule has 0 atom stereocenters. The standard InChI is InChI=1S/C21H18N4O2S/c1-26-18-7-4-8-19(12-18)27-14-20-23-24-21(28)25(20)22-13-15-9-10-16-5-2-3-6-17(16)11-15/h2-13H,14H2,1H3,(H,24,28)/b22-13-. The topological polar surface area (TPSA) is 64.4 Å². The number of aromatic amines is 1. The summed E-state index contributed by atoms with van der Waals surface area (Å²) in [6.07, 6.45) is 1.76. The summed E-state index contributed by atoms with van der Waals surface area (Å²) in [7, 11) is 1.62. The predicted molar refractivity (Wildman–Crippen MR) is 112 cm³/mol. The minimum absolute atomic E-state index is 0.218. The molecule has 6 nitrogen and oxygen atoms in total. The van der Waals surface area contributed by atoms with Crippen molar-refractivity contribution in [3.05, 3.63) is 82.9 Å². The van der Waals surface area contributed by atoms with E-state index < -0.39 is 0 Å². The number of nitrogens with zero attached hydrogens (tertiary/aromatic N) is 3. The molecule has 0 aliphatic carbocycles. The second-order valence-corrected chi connectivity index (χ2v) is 6.46. The van der Waals surface area contributed by atoms with Crippen LogP contribution in [0.3, 0.4) is 0 Å². The molecule has 1 aromatic heterocycles. The van der Waals surface area contributed by atoms with Crippen molar-refractivity contribution in [2.75, 3.05) is 7.11 Å². The van der Waals surface area contributed by atoms with Crippen molar-refractivity contribution in [2.45, 2.75) is 6.61 Å². The highest BCUT2D eigenvalue weighted by Gasteiger charge is 2.07. The first kappa shape index (κ1) is 17.9. The highest BCUT2D eigenvalue weighted by molar-refractivity contribution is 7.71. The number of aromatic nitrogens is 3. The van der Waals surface area contributed by atoms with E-state index in [-0.39, 0.29) is 6.61 Å². The van der Waals surface area contributed by atoms with E-state index in [1.807, 2.05) is 42.5 Å². The van der Waals surface area contributed by atoms with Gasteiger partial charge in [-0.15, -0.1) is 0 Å². The number of nitrogens with one attached hydrogen (secondary N) is 1. The second-order valence-electron chi connectivity index (χ2n) is 6.08. The van der Waals surface area contributed by atoms with Crippen LogP contribution in [0.2, 0.25) is 0 Å². The van der Waals surface area contributed by atoms with Gasteiger partial charge in [0.25, 0.3) is 0 Å². The Hall–Kier alpha value is -3.45. The van der Waals surface area contributed by atoms with Gasteiger partial charge in [0.15, 0.2) is 5.82 Å². The number of benzene rings is 3. The van der Waals surface area contributed by atoms with Crippen LogP contribution in [0.1, 0.15) is 11.4 Å². The summed E-state index contributed by atoms with van der Waals surface area (Å²) >= 11 is 5.29. The van der Waals surface area contributed by atoms with Crippen LogP contribution in [0.5, 0.6) is 11.5 Å². The number of hydrogen-bond donors (Lipinski definition) is 1. The number of methoxy groups -OCH3 is 1. The average Bonchev–Trinajstić information content (AvgIpc) is 3.10. The Morgan fingerprint density at radius 1 is 1.04 bits per heavy atom. The Balaban J connectivity index is 1.54. The van der Waals surface area contributed by atoms with Crippen molar-refractivity contribution in [1.29, 1.82) is 0 Å². The minimum Gasteiger partial charge on any atom is -0.497 e. The summed E-state index contributed by atoms with van der Waals surface area (Å²) in [5.41, 5.74) is 0.974. The molecule has 0 spiro atoms. The fraction of sp³-hybridized carbons (Fsp3) is 0.0952. The molecule has 0 aliphatic rings. The SMILES string of the molecule is COc1cccc(OCc2n[nH]c(=S)n2/N=C\c2ccc3ccccc3c2)c1. The minimum atomic E-state index is 0.218. The maximum Gasteiger partial charge on any atom is 0.216 e. The number of rotatable bonds is 6. The molecular formula is C21H18N4O2S. The molecule has 4 rings (SSSR count). The van der Waals surface area contributed by atoms with Gasteiger partial charge in [0.05, 0.1) is 13.3 Å². The molecule has 0 unspecified atom stereocenters. The van der Waals surface area contributed by atoms with Gasteiger partial charge in [0.1, 0.15) is 18.1 Å². The number of fused-ring (bicyclic) bond motifs is 1. The van der Waals surface area contributed by atoms with E-state index in [1.54, 1.807) is 18.0 Å². The number of ether oxygens (including phenoxy) is 2. The van der Waals surface area contributed by atoms with Gasteiger partial charge in [0, 0.05) is 6.07 Å². The summed E-state index contributed by atoms with van der Waals surface area (Å²) in [4.78, 5) is 0. The van der Waals surface area contributed by atoms with Crippen LogP contribution in [0.4, 0.5) is 0 Å². The zero-order valence-electron chi connectivity index (χ0n) is 15.2. The lowest BCUT2D eigenvalue weighted by atomic mass is 10.1. The van der Waals surface area contributed by atoms with Crippen LogP contribution in [0.15, 0.2) is 71.8 Å². The maximum absolute atomic E-state index is 5.79. The first-order valence-corrected chi connectivity index (χ1v) is 9.10. The lowest BCUT2D eigenvalue weighted by Crippen LogP contribution is -2.04. The van der Waals surface area contributed by atoms with Crippen LogP contribution in [0.25, 0.3) is 10.8 Å². The van der Waals surface area contributed by atoms with E-state index in [0.717, 1.165) is 16.7 Å². The summed E-state index contributed by atoms with van der Waals surface area (Å²) in [6.45, 7) is 0.218. The smallest absolute Gasteiger partial charge is 0.216 e. The Morgan fingerprint density at radius 2 is 1.86 bits per heavy atom. The lowest BCUT2D eigenvalue weighted by Gasteiger charge is -2.07. The van der Waals surface area contributed by atoms with Gasteiger partial charge >= 0.3 is 0 Å². The van der Waals surface area contributed by atoms with Gasteiger partial charge in [-0.1, -0.05) is 42.5 Å². The van der Waals surface area contributed by atoms with Gasteiger partial charge in [0.2, 0.25) is 4.77 Å². The van der Waals surface area contributed by atoms with E-state index >= 15 is 0 Å². The molecule has 3 aromatic carbocycles. The van der Waals surface area contributed by atoms with Gasteiger partial charge in [-0.2, -0.15) is 14.9 Å². The molecule has 140 valence electrons. The summed E-state index contributed by atoms with van der Waals surface area (Å²) < 4.78 is 13.0. The van der Waals surface area contributed by atoms with Crippen LogP contribution in [0, 0.1) is 4.77 Å². The van der Waals surface area contributed by atoms with Crippen molar-refractivity contribution in [1.82, 2.24) is 14.9 Å². The summed E-state index contributed by atoms with van der Waals surface area (Å²) in [5, 5.41) is 13.8. The van der Waals surface area contributed by atoms with E-state index in [9.17, 15) is 0 Å². The van der Waals surface area contributed by atoms with Gasteiger partial charge in [-0.05, 0) is 46.8 Å². The van der Waals surface area contributed by atoms with Crippen molar-refractivity contribution >= 4 is 29.2 Å². The quantitative estimate of drug-likeness (QED) is 0.387. The highest BCUT2D eigenvalue weighted by Crippen LogP contribution is 2.20. The molecule has 1 N–H and O–H groups in total. The molecule has 0 aliphatic heterocycles. The lowest BCUT2D eigenvalue weighted by molar-refractivity contribution is 0.288. The monoisotopic (exact) mass is 390 g/mol. The molecule has 4 aromatic rings. The van der Waals surface area contributed by atoms with E-state index in [1.165, 1.54) is 5.39 Å². The third-order valence-electron chi connectivity index (χ3n) is 4.22. The van der Waals surface area contributed by atoms with E-state index in [2.05, 4.69) is 39.6 Å². The Bertz CT molecular complexity index is 1200. The molecule has 7 heteroatoms. The molecule has 0 saturated carbocycles. The van der Waals surface area contributed by atoms with Crippen molar-refractivity contribution in [3.63, 3.8) is 0 Å². The summed E-state index contributed by atoms with van der Waals surface area (Å²) in [5.74, 6) is 1.98. The van der Waals surface area contributed by atoms with Crippen molar-refractivity contribution in [2.24, 2.45) is 5.10 Å². The number of hydrogen-bond acceptors (Lipinski definition) is 5. The maximum atomic E-state index is 5.79. The van der Waals surface area contributed by atoms with Gasteiger partial charge in [-0.25, -0.2) is 5.10 Å².